The normalized spacial score (nSPS) is 21.2. The summed E-state index contributed by atoms with van der Waals surface area (Å²) in [5, 5.41) is 0. The van der Waals surface area contributed by atoms with Crippen molar-refractivity contribution < 1.29 is 13.9 Å². The molecule has 0 amide bonds. The fourth-order valence-corrected chi connectivity index (χ4v) is 3.53. The zero-order valence-electron chi connectivity index (χ0n) is 7.23. The van der Waals surface area contributed by atoms with E-state index in [0.29, 0.717) is 0 Å². The molecule has 0 heterocycles. The molecule has 0 radical (unpaired) electrons. The second-order valence-electron chi connectivity index (χ2n) is 2.90. The Morgan fingerprint density at radius 1 is 1.00 bits per heavy atom. The Hall–Kier alpha value is -0.521. The predicted octanol–water partition coefficient (Wildman–Crippen LogP) is 3.34. The van der Waals surface area contributed by atoms with Crippen LogP contribution in [0.3, 0.4) is 0 Å². The van der Waals surface area contributed by atoms with Crippen molar-refractivity contribution in [2.45, 2.75) is 18.7 Å². The van der Waals surface area contributed by atoms with E-state index in [9.17, 15) is 0 Å². The van der Waals surface area contributed by atoms with Crippen molar-refractivity contribution in [3.8, 4) is 0 Å². The van der Waals surface area contributed by atoms with Gasteiger partial charge >= 0.3 is 78.0 Å². The summed E-state index contributed by atoms with van der Waals surface area (Å²) < 4.78 is 3.29. The third kappa shape index (κ3) is 1.48. The van der Waals surface area contributed by atoms with Crippen molar-refractivity contribution in [2.75, 3.05) is 0 Å². The van der Waals surface area contributed by atoms with Crippen LogP contribution in [0.1, 0.15) is 12.8 Å². The van der Waals surface area contributed by atoms with Crippen molar-refractivity contribution in [3.63, 3.8) is 0 Å². The summed E-state index contributed by atoms with van der Waals surface area (Å²) in [6.07, 6.45) is 15.8. The Morgan fingerprint density at radius 3 is 1.83 bits per heavy atom. The maximum atomic E-state index is 2.39. The summed E-state index contributed by atoms with van der Waals surface area (Å²) in [5.74, 6) is 2.39. The number of hydrogen-bond acceptors (Lipinski definition) is 0. The van der Waals surface area contributed by atoms with Crippen LogP contribution >= 0.6 is 0 Å². The molecule has 2 aliphatic rings. The van der Waals surface area contributed by atoms with Crippen molar-refractivity contribution in [3.05, 3.63) is 45.4 Å². The third-order valence-corrected chi connectivity index (χ3v) is 5.06. The molecule has 0 N–H and O–H groups in total. The second-order valence-corrected chi connectivity index (χ2v) is 5.70. The molecule has 0 fully saturated rings. The van der Waals surface area contributed by atoms with Gasteiger partial charge in [0.2, 0.25) is 0 Å². The van der Waals surface area contributed by atoms with E-state index in [-0.39, 0.29) is 13.9 Å². The van der Waals surface area contributed by atoms with E-state index in [0.717, 1.165) is 0 Å². The summed E-state index contributed by atoms with van der Waals surface area (Å²) in [4.78, 5) is 0. The first kappa shape index (κ1) is 8.09. The molecule has 65 valence electrons. The monoisotopic (exact) mass is 201 g/mol. The molecule has 2 aliphatic carbocycles. The first-order chi connectivity index (χ1) is 5.88. The molecular weight excluding hydrogens is 188 g/mol. The van der Waals surface area contributed by atoms with Gasteiger partial charge in [0.15, 0.2) is 0 Å². The van der Waals surface area contributed by atoms with Crippen LogP contribution in [0.4, 0.5) is 0 Å². The minimum absolute atomic E-state index is 0.167. The molecule has 0 aromatic carbocycles. The summed E-state index contributed by atoms with van der Waals surface area (Å²) in [7, 11) is 0. The molecule has 0 saturated heterocycles. The van der Waals surface area contributed by atoms with Gasteiger partial charge in [-0.1, -0.05) is 0 Å². The van der Waals surface area contributed by atoms with Gasteiger partial charge in [-0.15, -0.1) is 0 Å². The maximum absolute atomic E-state index is 2.39. The summed E-state index contributed by atoms with van der Waals surface area (Å²) >= 11 is -0.167. The first-order valence-corrected chi connectivity index (χ1v) is 6.35. The third-order valence-electron chi connectivity index (χ3n) is 2.12. The van der Waals surface area contributed by atoms with E-state index < -0.39 is 0 Å². The Morgan fingerprint density at radius 2 is 1.50 bits per heavy atom. The molecular formula is C11H13Fe. The van der Waals surface area contributed by atoms with Gasteiger partial charge in [-0.25, -0.2) is 0 Å². The molecule has 0 unspecified atom stereocenters. The molecule has 0 bridgehead atoms. The van der Waals surface area contributed by atoms with Crippen LogP contribution in [-0.2, 0) is 13.9 Å². The van der Waals surface area contributed by atoms with E-state index in [1.165, 1.54) is 12.8 Å². The molecule has 0 aromatic rings. The van der Waals surface area contributed by atoms with Gasteiger partial charge in [0, 0.05) is 0 Å². The van der Waals surface area contributed by atoms with Gasteiger partial charge < -0.3 is 0 Å². The number of hydrogen-bond donors (Lipinski definition) is 0. The van der Waals surface area contributed by atoms with Gasteiger partial charge in [0.05, 0.1) is 0 Å². The average Bonchev–Trinajstić information content (AvgIpc) is 2.77. The molecule has 0 atom stereocenters. The van der Waals surface area contributed by atoms with Gasteiger partial charge in [-0.2, -0.15) is 0 Å². The Bertz CT molecular complexity index is 262. The van der Waals surface area contributed by atoms with E-state index >= 15 is 0 Å². The number of rotatable bonds is 2. The SMILES string of the molecule is [CH3][Fe]([C]1=CC=CC1)[C]1=CC=CC1. The Balaban J connectivity index is 2.05. The van der Waals surface area contributed by atoms with E-state index in [2.05, 4.69) is 42.3 Å². The molecule has 0 saturated carbocycles. The summed E-state index contributed by atoms with van der Waals surface area (Å²) in [5.41, 5.74) is 0. The van der Waals surface area contributed by atoms with Crippen LogP contribution in [-0.4, -0.2) is 0 Å². The fraction of sp³-hybridized carbons (Fsp3) is 0.273. The van der Waals surface area contributed by atoms with Gasteiger partial charge in [0.25, 0.3) is 0 Å². The Labute approximate surface area is 78.2 Å². The zero-order chi connectivity index (χ0) is 8.39. The van der Waals surface area contributed by atoms with Crippen LogP contribution in [0.15, 0.2) is 45.4 Å². The van der Waals surface area contributed by atoms with Crippen molar-refractivity contribution in [1.82, 2.24) is 0 Å². The van der Waals surface area contributed by atoms with Crippen molar-refractivity contribution >= 4 is 0 Å². The fourth-order valence-electron chi connectivity index (χ4n) is 1.37. The topological polar surface area (TPSA) is 0 Å². The second kappa shape index (κ2) is 3.47. The van der Waals surface area contributed by atoms with E-state index in [4.69, 9.17) is 0 Å². The van der Waals surface area contributed by atoms with Gasteiger partial charge in [0.1, 0.15) is 0 Å². The molecule has 0 aromatic heterocycles. The van der Waals surface area contributed by atoms with E-state index in [1.54, 1.807) is 8.94 Å². The van der Waals surface area contributed by atoms with Crippen LogP contribution < -0.4 is 0 Å². The Kier molecular flexibility index (Phi) is 2.34. The van der Waals surface area contributed by atoms with Crippen LogP contribution in [0, 0.1) is 0 Å². The molecule has 2 rings (SSSR count). The molecule has 1 heteroatoms. The minimum atomic E-state index is -0.167. The first-order valence-electron chi connectivity index (χ1n) is 4.14. The number of allylic oxidation sites excluding steroid dienone is 8. The molecule has 0 nitrogen and oxygen atoms in total. The zero-order valence-corrected chi connectivity index (χ0v) is 8.34. The predicted molar refractivity (Wildman–Crippen MR) is 49.5 cm³/mol. The van der Waals surface area contributed by atoms with E-state index in [1.807, 2.05) is 0 Å². The molecule has 12 heavy (non-hydrogen) atoms. The van der Waals surface area contributed by atoms with Crippen molar-refractivity contribution in [1.29, 1.82) is 0 Å². The van der Waals surface area contributed by atoms with Crippen molar-refractivity contribution in [2.24, 2.45) is 0 Å². The average molecular weight is 201 g/mol. The summed E-state index contributed by atoms with van der Waals surface area (Å²) in [6, 6.07) is 0. The van der Waals surface area contributed by atoms with Crippen LogP contribution in [0.5, 0.6) is 0 Å². The summed E-state index contributed by atoms with van der Waals surface area (Å²) in [6.45, 7) is 0. The van der Waals surface area contributed by atoms with Gasteiger partial charge in [-0.05, 0) is 0 Å². The molecule has 0 aliphatic heterocycles. The molecule has 0 spiro atoms. The van der Waals surface area contributed by atoms with Crippen LogP contribution in [0.25, 0.3) is 0 Å². The quantitative estimate of drug-likeness (QED) is 0.601. The standard InChI is InChI=1S/2C5H5.CH3.Fe/c2*1-2-4-5-3-1;;/h2*1-3H,4H2;1H3;. The van der Waals surface area contributed by atoms with Crippen LogP contribution in [0.2, 0.25) is 5.82 Å². The van der Waals surface area contributed by atoms with Gasteiger partial charge in [-0.3, -0.25) is 0 Å².